The average molecular weight is 288 g/mol. The minimum absolute atomic E-state index is 0.0226. The van der Waals surface area contributed by atoms with Crippen LogP contribution >= 0.6 is 0 Å². The third-order valence-corrected chi connectivity index (χ3v) is 3.67. The van der Waals surface area contributed by atoms with Gasteiger partial charge in [-0.2, -0.15) is 13.2 Å². The molecule has 1 aliphatic rings. The Balaban J connectivity index is 2.58. The van der Waals surface area contributed by atoms with E-state index in [1.54, 1.807) is 4.98 Å². The zero-order valence-corrected chi connectivity index (χ0v) is 10.7. The standard InChI is InChI=1S/C13H15F3N2O2/c14-13(15,16)10-8(7-4-2-1-3-5-7)6-9(11(17)19)12(20)18-10/h6-7H,1-5H2,(H2,17,19)(H,18,20). The number of nitrogens with one attached hydrogen (secondary N) is 1. The summed E-state index contributed by atoms with van der Waals surface area (Å²) in [4.78, 5) is 24.4. The van der Waals surface area contributed by atoms with E-state index < -0.39 is 28.9 Å². The monoisotopic (exact) mass is 288 g/mol. The van der Waals surface area contributed by atoms with Crippen molar-refractivity contribution < 1.29 is 18.0 Å². The van der Waals surface area contributed by atoms with Crippen LogP contribution in [-0.2, 0) is 6.18 Å². The number of pyridine rings is 1. The van der Waals surface area contributed by atoms with Crippen molar-refractivity contribution in [3.63, 3.8) is 0 Å². The number of primary amides is 1. The van der Waals surface area contributed by atoms with Gasteiger partial charge in [0.15, 0.2) is 0 Å². The molecule has 20 heavy (non-hydrogen) atoms. The normalized spacial score (nSPS) is 17.1. The third-order valence-electron chi connectivity index (χ3n) is 3.67. The number of amides is 1. The molecule has 2 rings (SSSR count). The SMILES string of the molecule is NC(=O)c1cc(C2CCCCC2)c(C(F)(F)F)[nH]c1=O. The molecule has 0 spiro atoms. The molecule has 1 saturated carbocycles. The highest BCUT2D eigenvalue weighted by molar-refractivity contribution is 5.92. The number of alkyl halides is 3. The maximum atomic E-state index is 13.0. The van der Waals surface area contributed by atoms with Crippen LogP contribution in [0.5, 0.6) is 0 Å². The lowest BCUT2D eigenvalue weighted by Gasteiger charge is -2.25. The molecule has 1 aromatic rings. The Hall–Kier alpha value is -1.79. The van der Waals surface area contributed by atoms with Crippen molar-refractivity contribution in [1.29, 1.82) is 0 Å². The largest absolute Gasteiger partial charge is 0.431 e. The minimum Gasteiger partial charge on any atom is -0.365 e. The van der Waals surface area contributed by atoms with Crippen LogP contribution in [0.25, 0.3) is 0 Å². The van der Waals surface area contributed by atoms with Gasteiger partial charge >= 0.3 is 6.18 Å². The summed E-state index contributed by atoms with van der Waals surface area (Å²) in [6.45, 7) is 0. The van der Waals surface area contributed by atoms with Crippen molar-refractivity contribution in [1.82, 2.24) is 4.98 Å². The summed E-state index contributed by atoms with van der Waals surface area (Å²) in [5.74, 6) is -1.31. The summed E-state index contributed by atoms with van der Waals surface area (Å²) in [6, 6.07) is 1.01. The van der Waals surface area contributed by atoms with Crippen molar-refractivity contribution in [2.45, 2.75) is 44.2 Å². The summed E-state index contributed by atoms with van der Waals surface area (Å²) in [5.41, 5.74) is 2.44. The lowest BCUT2D eigenvalue weighted by molar-refractivity contribution is -0.142. The predicted molar refractivity (Wildman–Crippen MR) is 66.4 cm³/mol. The highest BCUT2D eigenvalue weighted by Gasteiger charge is 2.37. The van der Waals surface area contributed by atoms with Crippen molar-refractivity contribution in [2.24, 2.45) is 5.73 Å². The second-order valence-corrected chi connectivity index (χ2v) is 5.04. The number of hydrogen-bond donors (Lipinski definition) is 2. The van der Waals surface area contributed by atoms with Crippen LogP contribution in [0.4, 0.5) is 13.2 Å². The van der Waals surface area contributed by atoms with E-state index in [0.717, 1.165) is 25.3 Å². The predicted octanol–water partition coefficient (Wildman–Crippen LogP) is 2.54. The van der Waals surface area contributed by atoms with Crippen LogP contribution in [0.2, 0.25) is 0 Å². The molecule has 3 N–H and O–H groups in total. The number of carbonyl (C=O) groups excluding carboxylic acids is 1. The van der Waals surface area contributed by atoms with Gasteiger partial charge in [-0.15, -0.1) is 0 Å². The molecule has 110 valence electrons. The summed E-state index contributed by atoms with van der Waals surface area (Å²) in [5, 5.41) is 0. The van der Waals surface area contributed by atoms with Crippen LogP contribution in [0.1, 0.15) is 59.6 Å². The van der Waals surface area contributed by atoms with E-state index in [0.29, 0.717) is 12.8 Å². The Kier molecular flexibility index (Phi) is 3.87. The highest BCUT2D eigenvalue weighted by Crippen LogP contribution is 2.39. The molecule has 1 fully saturated rings. The van der Waals surface area contributed by atoms with Crippen LogP contribution in [-0.4, -0.2) is 10.9 Å². The van der Waals surface area contributed by atoms with E-state index in [1.807, 2.05) is 0 Å². The zero-order chi connectivity index (χ0) is 14.9. The van der Waals surface area contributed by atoms with Crippen molar-refractivity contribution >= 4 is 5.91 Å². The van der Waals surface area contributed by atoms with Gasteiger partial charge in [-0.3, -0.25) is 9.59 Å². The molecule has 1 heterocycles. The number of hydrogen-bond acceptors (Lipinski definition) is 2. The molecule has 1 aliphatic carbocycles. The van der Waals surface area contributed by atoms with Crippen molar-refractivity contribution in [2.75, 3.05) is 0 Å². The fourth-order valence-corrected chi connectivity index (χ4v) is 2.70. The van der Waals surface area contributed by atoms with Gasteiger partial charge in [-0.25, -0.2) is 0 Å². The summed E-state index contributed by atoms with van der Waals surface area (Å²) in [7, 11) is 0. The molecular weight excluding hydrogens is 273 g/mol. The number of carbonyl (C=O) groups is 1. The van der Waals surface area contributed by atoms with Crippen LogP contribution in [0.3, 0.4) is 0 Å². The zero-order valence-electron chi connectivity index (χ0n) is 10.7. The number of halogens is 3. The number of aromatic amines is 1. The van der Waals surface area contributed by atoms with E-state index in [-0.39, 0.29) is 11.5 Å². The average Bonchev–Trinajstić information content (AvgIpc) is 2.38. The second kappa shape index (κ2) is 5.30. The van der Waals surface area contributed by atoms with Crippen molar-refractivity contribution in [3.05, 3.63) is 33.2 Å². The molecule has 4 nitrogen and oxygen atoms in total. The van der Waals surface area contributed by atoms with E-state index in [2.05, 4.69) is 0 Å². The summed E-state index contributed by atoms with van der Waals surface area (Å²) in [6.07, 6.45) is -0.743. The molecule has 0 radical (unpaired) electrons. The van der Waals surface area contributed by atoms with Gasteiger partial charge in [0.05, 0.1) is 0 Å². The van der Waals surface area contributed by atoms with Gasteiger partial charge in [-0.05, 0) is 30.4 Å². The smallest absolute Gasteiger partial charge is 0.365 e. The lowest BCUT2D eigenvalue weighted by Crippen LogP contribution is -2.29. The Morgan fingerprint density at radius 3 is 2.35 bits per heavy atom. The summed E-state index contributed by atoms with van der Waals surface area (Å²) < 4.78 is 39.1. The first kappa shape index (κ1) is 14.6. The van der Waals surface area contributed by atoms with E-state index >= 15 is 0 Å². The Morgan fingerprint density at radius 2 is 1.85 bits per heavy atom. The fraction of sp³-hybridized carbons (Fsp3) is 0.538. The maximum Gasteiger partial charge on any atom is 0.431 e. The number of aromatic nitrogens is 1. The van der Waals surface area contributed by atoms with Gasteiger partial charge in [0, 0.05) is 0 Å². The molecular formula is C13H15F3N2O2. The van der Waals surface area contributed by atoms with Gasteiger partial charge in [0.1, 0.15) is 11.3 Å². The Bertz CT molecular complexity index is 572. The molecule has 7 heteroatoms. The van der Waals surface area contributed by atoms with E-state index in [1.165, 1.54) is 0 Å². The van der Waals surface area contributed by atoms with Crippen LogP contribution < -0.4 is 11.3 Å². The van der Waals surface area contributed by atoms with Crippen molar-refractivity contribution in [3.8, 4) is 0 Å². The Labute approximate surface area is 113 Å². The molecule has 0 saturated heterocycles. The maximum absolute atomic E-state index is 13.0. The number of rotatable bonds is 2. The molecule has 0 aromatic carbocycles. The van der Waals surface area contributed by atoms with Crippen LogP contribution in [0.15, 0.2) is 10.9 Å². The molecule has 1 amide bonds. The quantitative estimate of drug-likeness (QED) is 0.877. The first-order valence-corrected chi connectivity index (χ1v) is 6.45. The topological polar surface area (TPSA) is 76.0 Å². The minimum atomic E-state index is -4.65. The molecule has 0 aliphatic heterocycles. The first-order chi connectivity index (χ1) is 9.30. The fourth-order valence-electron chi connectivity index (χ4n) is 2.70. The lowest BCUT2D eigenvalue weighted by atomic mass is 9.82. The number of nitrogens with two attached hydrogens (primary N) is 1. The van der Waals surface area contributed by atoms with Gasteiger partial charge in [0.25, 0.3) is 11.5 Å². The van der Waals surface area contributed by atoms with Gasteiger partial charge in [0.2, 0.25) is 0 Å². The molecule has 0 atom stereocenters. The van der Waals surface area contributed by atoms with Gasteiger partial charge in [-0.1, -0.05) is 19.3 Å². The van der Waals surface area contributed by atoms with Crippen LogP contribution in [0, 0.1) is 0 Å². The Morgan fingerprint density at radius 1 is 1.25 bits per heavy atom. The summed E-state index contributed by atoms with van der Waals surface area (Å²) >= 11 is 0. The molecule has 1 aromatic heterocycles. The van der Waals surface area contributed by atoms with E-state index in [4.69, 9.17) is 5.73 Å². The highest BCUT2D eigenvalue weighted by atomic mass is 19.4. The van der Waals surface area contributed by atoms with E-state index in [9.17, 15) is 22.8 Å². The number of H-pyrrole nitrogens is 1. The van der Waals surface area contributed by atoms with Gasteiger partial charge < -0.3 is 10.7 Å². The molecule has 0 bridgehead atoms. The molecule has 0 unspecified atom stereocenters. The first-order valence-electron chi connectivity index (χ1n) is 6.45. The third kappa shape index (κ3) is 2.86. The second-order valence-electron chi connectivity index (χ2n) is 5.04.